The number of hydrogen-bond donors (Lipinski definition) is 1. The van der Waals surface area contributed by atoms with Crippen LogP contribution < -0.4 is 4.74 Å². The van der Waals surface area contributed by atoms with E-state index in [-0.39, 0.29) is 12.6 Å². The summed E-state index contributed by atoms with van der Waals surface area (Å²) >= 11 is 0. The number of aliphatic hydroxyl groups is 1. The van der Waals surface area contributed by atoms with Gasteiger partial charge in [-0.3, -0.25) is 9.80 Å². The molecule has 1 aromatic heterocycles. The third-order valence-corrected chi connectivity index (χ3v) is 6.02. The van der Waals surface area contributed by atoms with Crippen LogP contribution in [0.5, 0.6) is 5.88 Å². The zero-order valence-corrected chi connectivity index (χ0v) is 19.2. The van der Waals surface area contributed by atoms with Gasteiger partial charge in [0.15, 0.2) is 0 Å². The molecule has 1 fully saturated rings. The summed E-state index contributed by atoms with van der Waals surface area (Å²) in [7, 11) is 1.60. The molecule has 0 bridgehead atoms. The van der Waals surface area contributed by atoms with Crippen LogP contribution in [0.4, 0.5) is 0 Å². The lowest BCUT2D eigenvalue weighted by molar-refractivity contribution is -0.00152. The molecule has 6 heteroatoms. The number of hydrogen-bond acceptors (Lipinski definition) is 6. The molecule has 1 atom stereocenters. The highest BCUT2D eigenvalue weighted by molar-refractivity contribution is 5.32. The van der Waals surface area contributed by atoms with Crippen molar-refractivity contribution < 1.29 is 14.6 Å². The van der Waals surface area contributed by atoms with E-state index in [4.69, 9.17) is 9.47 Å². The number of rotatable bonds is 10. The Morgan fingerprint density at radius 2 is 1.48 bits per heavy atom. The number of ether oxygens (including phenoxy) is 2. The summed E-state index contributed by atoms with van der Waals surface area (Å²) in [6.07, 6.45) is -0.527. The van der Waals surface area contributed by atoms with Gasteiger partial charge in [-0.15, -0.1) is 0 Å². The van der Waals surface area contributed by atoms with Gasteiger partial charge in [-0.1, -0.05) is 66.7 Å². The maximum atomic E-state index is 10.5. The fourth-order valence-corrected chi connectivity index (χ4v) is 4.39. The van der Waals surface area contributed by atoms with E-state index >= 15 is 0 Å². The Bertz CT molecular complexity index is 923. The lowest BCUT2D eigenvalue weighted by Gasteiger charge is -2.40. The molecule has 2 heterocycles. The minimum absolute atomic E-state index is 0.248. The number of aliphatic hydroxyl groups excluding tert-OH is 1. The molecule has 33 heavy (non-hydrogen) atoms. The Balaban J connectivity index is 1.27. The lowest BCUT2D eigenvalue weighted by Crippen LogP contribution is -2.50. The number of benzene rings is 2. The van der Waals surface area contributed by atoms with Gasteiger partial charge in [0.05, 0.1) is 38.2 Å². The predicted octanol–water partition coefficient (Wildman–Crippen LogP) is 3.37. The Hall–Kier alpha value is -2.77. The largest absolute Gasteiger partial charge is 0.481 e. The van der Waals surface area contributed by atoms with Crippen LogP contribution in [0.1, 0.15) is 22.9 Å². The Morgan fingerprint density at radius 1 is 0.848 bits per heavy atom. The minimum atomic E-state index is -0.527. The highest BCUT2D eigenvalue weighted by Crippen LogP contribution is 2.29. The van der Waals surface area contributed by atoms with E-state index in [9.17, 15) is 5.11 Å². The van der Waals surface area contributed by atoms with Gasteiger partial charge < -0.3 is 14.6 Å². The number of β-amino-alcohol motifs (C(OH)–C–C–N with tert-alkyl or cyclic N) is 1. The summed E-state index contributed by atoms with van der Waals surface area (Å²) in [6, 6.07) is 27.2. The Labute approximate surface area is 196 Å². The van der Waals surface area contributed by atoms with Crippen LogP contribution in [0.15, 0.2) is 78.9 Å². The second kappa shape index (κ2) is 11.9. The van der Waals surface area contributed by atoms with Crippen molar-refractivity contribution in [2.24, 2.45) is 0 Å². The molecule has 0 saturated carbocycles. The highest BCUT2D eigenvalue weighted by atomic mass is 16.5. The van der Waals surface area contributed by atoms with Gasteiger partial charge in [0.25, 0.3) is 0 Å². The molecule has 2 aromatic carbocycles. The predicted molar refractivity (Wildman–Crippen MR) is 129 cm³/mol. The van der Waals surface area contributed by atoms with Crippen molar-refractivity contribution >= 4 is 0 Å². The average Bonchev–Trinajstić information content (AvgIpc) is 2.87. The van der Waals surface area contributed by atoms with Crippen molar-refractivity contribution in [2.45, 2.75) is 18.8 Å². The maximum Gasteiger partial charge on any atom is 0.213 e. The number of pyridine rings is 1. The van der Waals surface area contributed by atoms with Crippen molar-refractivity contribution in [3.63, 3.8) is 0 Å². The van der Waals surface area contributed by atoms with E-state index in [1.807, 2.05) is 12.1 Å². The van der Waals surface area contributed by atoms with Crippen molar-refractivity contribution in [1.29, 1.82) is 0 Å². The molecule has 1 saturated heterocycles. The van der Waals surface area contributed by atoms with Gasteiger partial charge in [-0.2, -0.15) is 0 Å². The van der Waals surface area contributed by atoms with Gasteiger partial charge in [0.1, 0.15) is 0 Å². The van der Waals surface area contributed by atoms with Crippen LogP contribution >= 0.6 is 0 Å². The van der Waals surface area contributed by atoms with E-state index < -0.39 is 6.10 Å². The van der Waals surface area contributed by atoms with Crippen molar-refractivity contribution in [1.82, 2.24) is 14.8 Å². The van der Waals surface area contributed by atoms with Gasteiger partial charge >= 0.3 is 0 Å². The van der Waals surface area contributed by atoms with E-state index in [1.54, 1.807) is 13.2 Å². The summed E-state index contributed by atoms with van der Waals surface area (Å²) in [4.78, 5) is 9.19. The molecular weight excluding hydrogens is 414 g/mol. The van der Waals surface area contributed by atoms with Gasteiger partial charge in [0, 0.05) is 38.8 Å². The molecular formula is C27H33N3O3. The fourth-order valence-electron chi connectivity index (χ4n) is 4.39. The van der Waals surface area contributed by atoms with Crippen molar-refractivity contribution in [3.8, 4) is 5.88 Å². The summed E-state index contributed by atoms with van der Waals surface area (Å²) in [5.74, 6) is 0.568. The van der Waals surface area contributed by atoms with Crippen LogP contribution in [-0.4, -0.2) is 72.4 Å². The minimum Gasteiger partial charge on any atom is -0.481 e. The van der Waals surface area contributed by atoms with E-state index in [0.29, 0.717) is 19.0 Å². The number of piperazine rings is 1. The first-order valence-corrected chi connectivity index (χ1v) is 11.5. The summed E-state index contributed by atoms with van der Waals surface area (Å²) in [5, 5.41) is 10.5. The molecule has 174 valence electrons. The van der Waals surface area contributed by atoms with E-state index in [1.165, 1.54) is 11.1 Å². The second-order valence-electron chi connectivity index (χ2n) is 8.40. The van der Waals surface area contributed by atoms with Crippen molar-refractivity contribution in [2.75, 3.05) is 46.4 Å². The molecule has 4 rings (SSSR count). The first kappa shape index (κ1) is 23.4. The third kappa shape index (κ3) is 6.62. The molecule has 6 nitrogen and oxygen atoms in total. The third-order valence-electron chi connectivity index (χ3n) is 6.02. The molecule has 1 N–H and O–H groups in total. The van der Waals surface area contributed by atoms with Crippen LogP contribution in [-0.2, 0) is 11.3 Å². The molecule has 1 unspecified atom stereocenters. The molecule has 0 spiro atoms. The number of methoxy groups -OCH3 is 1. The SMILES string of the molecule is COc1cccc(COCC(O)CN2CCN(C(c3ccccc3)c3ccccc3)CC2)n1. The zero-order chi connectivity index (χ0) is 22.9. The normalized spacial score (nSPS) is 16.1. The molecule has 0 amide bonds. The second-order valence-corrected chi connectivity index (χ2v) is 8.40. The molecule has 3 aromatic rings. The first-order chi connectivity index (χ1) is 16.2. The summed E-state index contributed by atoms with van der Waals surface area (Å²) < 4.78 is 10.8. The van der Waals surface area contributed by atoms with Gasteiger partial charge in [-0.25, -0.2) is 4.98 Å². The zero-order valence-electron chi connectivity index (χ0n) is 19.2. The molecule has 0 aliphatic carbocycles. The van der Waals surface area contributed by atoms with Gasteiger partial charge in [-0.05, 0) is 17.2 Å². The van der Waals surface area contributed by atoms with Crippen molar-refractivity contribution in [3.05, 3.63) is 95.7 Å². The monoisotopic (exact) mass is 447 g/mol. The summed E-state index contributed by atoms with van der Waals surface area (Å²) in [5.41, 5.74) is 3.43. The topological polar surface area (TPSA) is 58.1 Å². The number of nitrogens with zero attached hydrogens (tertiary/aromatic N) is 3. The molecule has 1 aliphatic rings. The fraction of sp³-hybridized carbons (Fsp3) is 0.370. The van der Waals surface area contributed by atoms with E-state index in [2.05, 4.69) is 75.4 Å². The highest BCUT2D eigenvalue weighted by Gasteiger charge is 2.27. The van der Waals surface area contributed by atoms with Crippen LogP contribution in [0.2, 0.25) is 0 Å². The quantitative estimate of drug-likeness (QED) is 0.514. The van der Waals surface area contributed by atoms with Crippen LogP contribution in [0.25, 0.3) is 0 Å². The average molecular weight is 448 g/mol. The molecule has 1 aliphatic heterocycles. The standard InChI is InChI=1S/C27H33N3O3/c1-32-26-14-8-13-24(28-26)20-33-21-25(31)19-29-15-17-30(18-16-29)27(22-9-4-2-5-10-22)23-11-6-3-7-12-23/h2-14,25,27,31H,15-21H2,1H3. The van der Waals surface area contributed by atoms with E-state index in [0.717, 1.165) is 31.9 Å². The molecule has 0 radical (unpaired) electrons. The lowest BCUT2D eigenvalue weighted by atomic mass is 9.96. The Morgan fingerprint density at radius 3 is 2.09 bits per heavy atom. The number of aromatic nitrogens is 1. The maximum absolute atomic E-state index is 10.5. The van der Waals surface area contributed by atoms with Gasteiger partial charge in [0.2, 0.25) is 5.88 Å². The first-order valence-electron chi connectivity index (χ1n) is 11.5. The van der Waals surface area contributed by atoms with Crippen LogP contribution in [0.3, 0.4) is 0 Å². The summed E-state index contributed by atoms with van der Waals surface area (Å²) in [6.45, 7) is 5.01. The van der Waals surface area contributed by atoms with Crippen LogP contribution in [0, 0.1) is 0 Å². The smallest absolute Gasteiger partial charge is 0.213 e. The Kier molecular flexibility index (Phi) is 8.44.